The average molecular weight is 413 g/mol. The van der Waals surface area contributed by atoms with E-state index in [2.05, 4.69) is 15.4 Å². The first-order valence-corrected chi connectivity index (χ1v) is 8.91. The molecule has 148 valence electrons. The fourth-order valence-electron chi connectivity index (χ4n) is 2.55. The van der Waals surface area contributed by atoms with E-state index in [1.807, 2.05) is 0 Å². The van der Waals surface area contributed by atoms with E-state index in [0.717, 1.165) is 5.56 Å². The van der Waals surface area contributed by atoms with Crippen molar-refractivity contribution in [3.63, 3.8) is 0 Å². The van der Waals surface area contributed by atoms with Gasteiger partial charge in [-0.3, -0.25) is 9.59 Å². The number of rotatable bonds is 5. The monoisotopic (exact) mass is 412 g/mol. The minimum absolute atomic E-state index is 0.158. The van der Waals surface area contributed by atoms with E-state index >= 15 is 0 Å². The van der Waals surface area contributed by atoms with E-state index in [0.29, 0.717) is 11.3 Å². The minimum Gasteiger partial charge on any atom is -0.465 e. The molecule has 8 heteroatoms. The van der Waals surface area contributed by atoms with Crippen LogP contribution in [0.25, 0.3) is 0 Å². The number of furan rings is 1. The topological polar surface area (TPSA) is 97.6 Å². The number of carbonyl (C=O) groups excluding carboxylic acids is 3. The Balaban J connectivity index is 1.81. The van der Waals surface area contributed by atoms with Crippen LogP contribution in [0, 0.1) is 6.92 Å². The Bertz CT molecular complexity index is 1080. The molecule has 0 unspecified atom stereocenters. The lowest BCUT2D eigenvalue weighted by molar-refractivity contribution is 0.0600. The molecule has 2 amide bonds. The molecule has 0 atom stereocenters. The summed E-state index contributed by atoms with van der Waals surface area (Å²) in [5, 5.41) is 5.65. The normalized spacial score (nSPS) is 10.3. The van der Waals surface area contributed by atoms with Gasteiger partial charge < -0.3 is 19.8 Å². The Morgan fingerprint density at radius 2 is 1.62 bits per heavy atom. The molecular weight excluding hydrogens is 396 g/mol. The Labute approximate surface area is 171 Å². The van der Waals surface area contributed by atoms with Crippen LogP contribution in [0.15, 0.2) is 59.2 Å². The van der Waals surface area contributed by atoms with Crippen molar-refractivity contribution < 1.29 is 23.5 Å². The van der Waals surface area contributed by atoms with E-state index < -0.39 is 17.8 Å². The molecule has 0 bridgehead atoms. The molecule has 0 spiro atoms. The second-order valence-electron chi connectivity index (χ2n) is 6.10. The Morgan fingerprint density at radius 1 is 0.931 bits per heavy atom. The number of halogens is 1. The molecule has 0 aliphatic rings. The standard InChI is InChI=1S/C21H17ClN2O5/c1-12-5-6-13(10-16(12)23-20(26)18-4-3-9-29-18)19(25)24-17-11-14(21(27)28-2)7-8-15(17)22/h3-11H,1-2H3,(H,23,26)(H,24,25). The summed E-state index contributed by atoms with van der Waals surface area (Å²) in [6, 6.07) is 12.4. The zero-order valence-electron chi connectivity index (χ0n) is 15.6. The number of benzene rings is 2. The molecule has 3 aromatic rings. The highest BCUT2D eigenvalue weighted by Gasteiger charge is 2.15. The van der Waals surface area contributed by atoms with Gasteiger partial charge in [0.25, 0.3) is 11.8 Å². The lowest BCUT2D eigenvalue weighted by Crippen LogP contribution is -2.15. The van der Waals surface area contributed by atoms with Crippen LogP contribution in [0.2, 0.25) is 5.02 Å². The Morgan fingerprint density at radius 3 is 2.31 bits per heavy atom. The maximum atomic E-state index is 12.7. The summed E-state index contributed by atoms with van der Waals surface area (Å²) in [6.45, 7) is 1.80. The zero-order valence-corrected chi connectivity index (χ0v) is 16.4. The summed E-state index contributed by atoms with van der Waals surface area (Å²) < 4.78 is 9.75. The molecule has 29 heavy (non-hydrogen) atoms. The van der Waals surface area contributed by atoms with E-state index in [1.165, 1.54) is 37.6 Å². The van der Waals surface area contributed by atoms with E-state index in [-0.39, 0.29) is 22.0 Å². The number of amides is 2. The molecule has 0 aliphatic carbocycles. The van der Waals surface area contributed by atoms with Crippen LogP contribution in [0.5, 0.6) is 0 Å². The fraction of sp³-hybridized carbons (Fsp3) is 0.0952. The number of carbonyl (C=O) groups is 3. The van der Waals surface area contributed by atoms with Crippen LogP contribution >= 0.6 is 11.6 Å². The SMILES string of the molecule is COC(=O)c1ccc(Cl)c(NC(=O)c2ccc(C)c(NC(=O)c3ccco3)c2)c1. The third kappa shape index (κ3) is 4.64. The van der Waals surface area contributed by atoms with Gasteiger partial charge in [-0.1, -0.05) is 17.7 Å². The van der Waals surface area contributed by atoms with Gasteiger partial charge in [-0.05, 0) is 55.0 Å². The largest absolute Gasteiger partial charge is 0.465 e. The molecule has 0 saturated heterocycles. The second kappa shape index (κ2) is 8.62. The van der Waals surface area contributed by atoms with Crippen LogP contribution in [0.1, 0.15) is 36.8 Å². The Hall–Kier alpha value is -3.58. The van der Waals surface area contributed by atoms with Crippen LogP contribution < -0.4 is 10.6 Å². The molecule has 0 saturated carbocycles. The van der Waals surface area contributed by atoms with Crippen molar-refractivity contribution in [1.82, 2.24) is 0 Å². The number of ether oxygens (including phenoxy) is 1. The van der Waals surface area contributed by atoms with E-state index in [4.69, 9.17) is 16.0 Å². The number of hydrogen-bond acceptors (Lipinski definition) is 5. The summed E-state index contributed by atoms with van der Waals surface area (Å²) >= 11 is 6.12. The number of nitrogens with one attached hydrogen (secondary N) is 2. The van der Waals surface area contributed by atoms with Crippen molar-refractivity contribution in [2.45, 2.75) is 6.92 Å². The number of aryl methyl sites for hydroxylation is 1. The average Bonchev–Trinajstić information content (AvgIpc) is 3.25. The smallest absolute Gasteiger partial charge is 0.337 e. The molecule has 7 nitrogen and oxygen atoms in total. The highest BCUT2D eigenvalue weighted by Crippen LogP contribution is 2.25. The summed E-state index contributed by atoms with van der Waals surface area (Å²) in [5.41, 5.74) is 2.05. The van der Waals surface area contributed by atoms with Crippen LogP contribution in [-0.2, 0) is 4.74 Å². The van der Waals surface area contributed by atoms with Crippen molar-refractivity contribution in [1.29, 1.82) is 0 Å². The first-order valence-electron chi connectivity index (χ1n) is 8.53. The van der Waals surface area contributed by atoms with Gasteiger partial charge in [0.05, 0.1) is 29.6 Å². The van der Waals surface area contributed by atoms with Gasteiger partial charge >= 0.3 is 5.97 Å². The van der Waals surface area contributed by atoms with E-state index in [9.17, 15) is 14.4 Å². The first kappa shape index (κ1) is 20.2. The number of anilines is 2. The van der Waals surface area contributed by atoms with Crippen LogP contribution in [-0.4, -0.2) is 24.9 Å². The van der Waals surface area contributed by atoms with Crippen molar-refractivity contribution in [2.75, 3.05) is 17.7 Å². The lowest BCUT2D eigenvalue weighted by Gasteiger charge is -2.12. The number of methoxy groups -OCH3 is 1. The van der Waals surface area contributed by atoms with Gasteiger partial charge in [-0.2, -0.15) is 0 Å². The summed E-state index contributed by atoms with van der Waals surface area (Å²) in [7, 11) is 1.26. The maximum absolute atomic E-state index is 12.7. The molecule has 0 radical (unpaired) electrons. The maximum Gasteiger partial charge on any atom is 0.337 e. The van der Waals surface area contributed by atoms with Gasteiger partial charge in [0.15, 0.2) is 5.76 Å². The molecule has 3 rings (SSSR count). The lowest BCUT2D eigenvalue weighted by atomic mass is 10.1. The highest BCUT2D eigenvalue weighted by atomic mass is 35.5. The summed E-state index contributed by atoms with van der Waals surface area (Å²) in [6.07, 6.45) is 1.40. The van der Waals surface area contributed by atoms with Gasteiger partial charge in [-0.25, -0.2) is 4.79 Å². The number of hydrogen-bond donors (Lipinski definition) is 2. The third-order valence-electron chi connectivity index (χ3n) is 4.13. The third-order valence-corrected chi connectivity index (χ3v) is 4.46. The molecule has 0 aliphatic heterocycles. The van der Waals surface area contributed by atoms with Crippen molar-refractivity contribution in [3.05, 3.63) is 82.3 Å². The van der Waals surface area contributed by atoms with Crippen molar-refractivity contribution in [3.8, 4) is 0 Å². The molecule has 2 N–H and O–H groups in total. The molecular formula is C21H17ClN2O5. The van der Waals surface area contributed by atoms with Gasteiger partial charge in [0.1, 0.15) is 0 Å². The van der Waals surface area contributed by atoms with Gasteiger partial charge in [-0.15, -0.1) is 0 Å². The minimum atomic E-state index is -0.546. The second-order valence-corrected chi connectivity index (χ2v) is 6.51. The molecule has 1 heterocycles. The first-order chi connectivity index (χ1) is 13.9. The summed E-state index contributed by atoms with van der Waals surface area (Å²) in [5.74, 6) is -1.27. The van der Waals surface area contributed by atoms with Gasteiger partial charge in [0.2, 0.25) is 0 Å². The van der Waals surface area contributed by atoms with Gasteiger partial charge in [0, 0.05) is 11.3 Å². The van der Waals surface area contributed by atoms with Crippen LogP contribution in [0.4, 0.5) is 11.4 Å². The van der Waals surface area contributed by atoms with Crippen molar-refractivity contribution in [2.24, 2.45) is 0 Å². The van der Waals surface area contributed by atoms with E-state index in [1.54, 1.807) is 31.2 Å². The molecule has 1 aromatic heterocycles. The Kier molecular flexibility index (Phi) is 5.99. The quantitative estimate of drug-likeness (QED) is 0.600. The summed E-state index contributed by atoms with van der Waals surface area (Å²) in [4.78, 5) is 36.6. The van der Waals surface area contributed by atoms with Crippen LogP contribution in [0.3, 0.4) is 0 Å². The fourth-order valence-corrected chi connectivity index (χ4v) is 2.71. The predicted octanol–water partition coefficient (Wildman–Crippen LogP) is 4.53. The van der Waals surface area contributed by atoms with Crippen molar-refractivity contribution >= 4 is 40.8 Å². The zero-order chi connectivity index (χ0) is 21.0. The number of esters is 1. The highest BCUT2D eigenvalue weighted by molar-refractivity contribution is 6.34. The molecule has 0 fully saturated rings. The molecule has 2 aromatic carbocycles. The predicted molar refractivity (Wildman–Crippen MR) is 109 cm³/mol.